The van der Waals surface area contributed by atoms with Gasteiger partial charge in [-0.05, 0) is 44.0 Å². The number of aryl methyl sites for hydroxylation is 1. The van der Waals surface area contributed by atoms with Crippen LogP contribution in [0.5, 0.6) is 0 Å². The number of nitrogens with one attached hydrogen (secondary N) is 1. The highest BCUT2D eigenvalue weighted by molar-refractivity contribution is 5.97. The van der Waals surface area contributed by atoms with Crippen molar-refractivity contribution in [1.82, 2.24) is 24.6 Å². The van der Waals surface area contributed by atoms with Gasteiger partial charge in [-0.15, -0.1) is 0 Å². The van der Waals surface area contributed by atoms with E-state index in [1.165, 1.54) is 4.68 Å². The second-order valence-corrected chi connectivity index (χ2v) is 8.84. The highest BCUT2D eigenvalue weighted by Gasteiger charge is 2.30. The summed E-state index contributed by atoms with van der Waals surface area (Å²) in [7, 11) is 0. The maximum absolute atomic E-state index is 13.2. The van der Waals surface area contributed by atoms with Crippen molar-refractivity contribution < 1.29 is 4.79 Å². The number of fused-ring (bicyclic) bond motifs is 1. The van der Waals surface area contributed by atoms with Crippen LogP contribution in [0.1, 0.15) is 55.5 Å². The number of rotatable bonds is 3. The fraction of sp³-hybridized carbons (Fsp3) is 0.455. The Hall–Kier alpha value is -2.96. The molecule has 4 rings (SSSR count). The molecule has 1 saturated heterocycles. The number of nitrogens with zero attached hydrogens (tertiary/aromatic N) is 4. The highest BCUT2D eigenvalue weighted by Crippen LogP contribution is 2.23. The SMILES string of the molecule is Cc1nc2ccc(C(=O)N3CCCC3Cn3nc(C(C)(C)C)ccc3=O)cc2[nH]1. The van der Waals surface area contributed by atoms with Gasteiger partial charge in [-0.3, -0.25) is 9.59 Å². The zero-order chi connectivity index (χ0) is 20.8. The third-order valence-corrected chi connectivity index (χ3v) is 5.50. The van der Waals surface area contributed by atoms with Crippen molar-refractivity contribution in [3.63, 3.8) is 0 Å². The first-order chi connectivity index (χ1) is 13.7. The van der Waals surface area contributed by atoms with Gasteiger partial charge in [0.25, 0.3) is 11.5 Å². The lowest BCUT2D eigenvalue weighted by molar-refractivity contribution is 0.0720. The molecule has 1 aliphatic rings. The Morgan fingerprint density at radius 1 is 1.24 bits per heavy atom. The molecule has 0 aliphatic carbocycles. The fourth-order valence-electron chi connectivity index (χ4n) is 3.91. The van der Waals surface area contributed by atoms with Crippen molar-refractivity contribution in [2.45, 2.75) is 58.5 Å². The summed E-state index contributed by atoms with van der Waals surface area (Å²) in [6, 6.07) is 8.88. The van der Waals surface area contributed by atoms with Gasteiger partial charge >= 0.3 is 0 Å². The number of aromatic nitrogens is 4. The summed E-state index contributed by atoms with van der Waals surface area (Å²) >= 11 is 0. The maximum atomic E-state index is 13.2. The maximum Gasteiger partial charge on any atom is 0.266 e. The number of amides is 1. The second-order valence-electron chi connectivity index (χ2n) is 8.84. The Morgan fingerprint density at radius 2 is 2.03 bits per heavy atom. The quantitative estimate of drug-likeness (QED) is 0.741. The zero-order valence-electron chi connectivity index (χ0n) is 17.4. The lowest BCUT2D eigenvalue weighted by Gasteiger charge is -2.26. The number of benzene rings is 1. The number of likely N-dealkylation sites (tertiary alicyclic amines) is 1. The summed E-state index contributed by atoms with van der Waals surface area (Å²) in [5.74, 6) is 0.814. The summed E-state index contributed by atoms with van der Waals surface area (Å²) in [5, 5.41) is 4.57. The minimum Gasteiger partial charge on any atom is -0.342 e. The molecule has 1 aromatic carbocycles. The smallest absolute Gasteiger partial charge is 0.266 e. The average Bonchev–Trinajstić information content (AvgIpc) is 3.26. The van der Waals surface area contributed by atoms with Crippen LogP contribution in [0.2, 0.25) is 0 Å². The van der Waals surface area contributed by atoms with Crippen molar-refractivity contribution >= 4 is 16.9 Å². The van der Waals surface area contributed by atoms with Gasteiger partial charge in [-0.25, -0.2) is 9.67 Å². The van der Waals surface area contributed by atoms with Crippen LogP contribution in [0, 0.1) is 6.92 Å². The lowest BCUT2D eigenvalue weighted by atomic mass is 9.92. The largest absolute Gasteiger partial charge is 0.342 e. The summed E-state index contributed by atoms with van der Waals surface area (Å²) in [6.45, 7) is 9.22. The molecule has 7 nitrogen and oxygen atoms in total. The molecule has 0 radical (unpaired) electrons. The molecule has 7 heteroatoms. The van der Waals surface area contributed by atoms with E-state index < -0.39 is 0 Å². The van der Waals surface area contributed by atoms with Crippen LogP contribution >= 0.6 is 0 Å². The van der Waals surface area contributed by atoms with Crippen LogP contribution in [-0.4, -0.2) is 43.1 Å². The van der Waals surface area contributed by atoms with E-state index in [-0.39, 0.29) is 22.9 Å². The van der Waals surface area contributed by atoms with Crippen LogP contribution in [0.3, 0.4) is 0 Å². The third kappa shape index (κ3) is 3.81. The van der Waals surface area contributed by atoms with Gasteiger partial charge in [0, 0.05) is 23.6 Å². The van der Waals surface area contributed by atoms with Gasteiger partial charge in [0.1, 0.15) is 5.82 Å². The zero-order valence-corrected chi connectivity index (χ0v) is 17.4. The first-order valence-electron chi connectivity index (χ1n) is 10.1. The molecule has 29 heavy (non-hydrogen) atoms. The standard InChI is InChI=1S/C22H27N5O2/c1-14-23-17-8-7-15(12-18(17)24-14)21(29)26-11-5-6-16(26)13-27-20(28)10-9-19(25-27)22(2,3)4/h7-10,12,16H,5-6,11,13H2,1-4H3,(H,23,24). The molecule has 0 spiro atoms. The minimum absolute atomic E-state index is 0.0123. The topological polar surface area (TPSA) is 83.9 Å². The van der Waals surface area contributed by atoms with Crippen LogP contribution in [-0.2, 0) is 12.0 Å². The molecule has 0 saturated carbocycles. The van der Waals surface area contributed by atoms with E-state index >= 15 is 0 Å². The number of imidazole rings is 1. The van der Waals surface area contributed by atoms with Crippen molar-refractivity contribution in [3.05, 3.63) is 57.8 Å². The molecule has 1 N–H and O–H groups in total. The third-order valence-electron chi connectivity index (χ3n) is 5.50. The lowest BCUT2D eigenvalue weighted by Crippen LogP contribution is -2.41. The monoisotopic (exact) mass is 393 g/mol. The number of H-pyrrole nitrogens is 1. The van der Waals surface area contributed by atoms with Gasteiger partial charge in [-0.1, -0.05) is 20.8 Å². The molecular weight excluding hydrogens is 366 g/mol. The van der Waals surface area contributed by atoms with Crippen LogP contribution in [0.15, 0.2) is 35.1 Å². The number of hydrogen-bond acceptors (Lipinski definition) is 4. The van der Waals surface area contributed by atoms with Crippen molar-refractivity contribution in [2.75, 3.05) is 6.54 Å². The van der Waals surface area contributed by atoms with Gasteiger partial charge in [0.05, 0.1) is 29.3 Å². The van der Waals surface area contributed by atoms with E-state index in [1.54, 1.807) is 12.1 Å². The summed E-state index contributed by atoms with van der Waals surface area (Å²) in [6.07, 6.45) is 1.79. The molecule has 0 bridgehead atoms. The number of hydrogen-bond donors (Lipinski definition) is 1. The van der Waals surface area contributed by atoms with Crippen molar-refractivity contribution in [1.29, 1.82) is 0 Å². The Bertz CT molecular complexity index is 1120. The predicted molar refractivity (Wildman–Crippen MR) is 112 cm³/mol. The summed E-state index contributed by atoms with van der Waals surface area (Å²) in [4.78, 5) is 35.0. The van der Waals surface area contributed by atoms with E-state index in [1.807, 2.05) is 30.0 Å². The van der Waals surface area contributed by atoms with E-state index in [9.17, 15) is 9.59 Å². The van der Waals surface area contributed by atoms with Crippen molar-refractivity contribution in [2.24, 2.45) is 0 Å². The van der Waals surface area contributed by atoms with Gasteiger partial charge in [0.15, 0.2) is 0 Å². The summed E-state index contributed by atoms with van der Waals surface area (Å²) in [5.41, 5.74) is 2.95. The number of carbonyl (C=O) groups is 1. The molecule has 3 heterocycles. The Balaban J connectivity index is 1.59. The molecule has 1 aliphatic heterocycles. The number of aromatic amines is 1. The second kappa shape index (κ2) is 7.13. The summed E-state index contributed by atoms with van der Waals surface area (Å²) < 4.78 is 1.51. The normalized spacial score (nSPS) is 17.2. The fourth-order valence-corrected chi connectivity index (χ4v) is 3.91. The Morgan fingerprint density at radius 3 is 2.79 bits per heavy atom. The van der Waals surface area contributed by atoms with Crippen molar-refractivity contribution in [3.8, 4) is 0 Å². The van der Waals surface area contributed by atoms with Crippen LogP contribution in [0.4, 0.5) is 0 Å². The predicted octanol–water partition coefficient (Wildman–Crippen LogP) is 3.03. The van der Waals surface area contributed by atoms with Gasteiger partial charge in [-0.2, -0.15) is 5.10 Å². The average molecular weight is 393 g/mol. The molecule has 3 aromatic rings. The van der Waals surface area contributed by atoms with Gasteiger partial charge in [0.2, 0.25) is 0 Å². The molecule has 1 fully saturated rings. The first kappa shape index (κ1) is 19.4. The van der Waals surface area contributed by atoms with E-state index in [4.69, 9.17) is 0 Å². The molecule has 1 atom stereocenters. The molecular formula is C22H27N5O2. The number of carbonyl (C=O) groups excluding carboxylic acids is 1. The first-order valence-corrected chi connectivity index (χ1v) is 10.1. The van der Waals surface area contributed by atoms with Gasteiger partial charge < -0.3 is 9.88 Å². The van der Waals surface area contributed by atoms with E-state index in [0.29, 0.717) is 18.7 Å². The molecule has 1 amide bonds. The van der Waals surface area contributed by atoms with Crippen LogP contribution < -0.4 is 5.56 Å². The Labute approximate surface area is 169 Å². The molecule has 1 unspecified atom stereocenters. The Kier molecular flexibility index (Phi) is 4.76. The van der Waals surface area contributed by atoms with E-state index in [0.717, 1.165) is 35.4 Å². The highest BCUT2D eigenvalue weighted by atomic mass is 16.2. The molecule has 2 aromatic heterocycles. The van der Waals surface area contributed by atoms with Crippen LogP contribution in [0.25, 0.3) is 11.0 Å². The van der Waals surface area contributed by atoms with E-state index in [2.05, 4.69) is 35.8 Å². The minimum atomic E-state index is -0.141. The molecule has 152 valence electrons.